The predicted molar refractivity (Wildman–Crippen MR) is 66.0 cm³/mol. The average Bonchev–Trinajstić information content (AvgIpc) is 2.39. The highest BCUT2D eigenvalue weighted by Gasteiger charge is 2.14. The van der Waals surface area contributed by atoms with Gasteiger partial charge in [-0.3, -0.25) is 0 Å². The lowest BCUT2D eigenvalue weighted by molar-refractivity contribution is 0.0156. The van der Waals surface area contributed by atoms with Crippen LogP contribution in [0.25, 0.3) is 0 Å². The first-order chi connectivity index (χ1) is 8.29. The Balaban J connectivity index is 1.92. The first-order valence-electron chi connectivity index (χ1n) is 6.38. The van der Waals surface area contributed by atoms with Crippen LogP contribution in [0.3, 0.4) is 0 Å². The normalized spacial score (nSPS) is 17.3. The molecule has 3 heteroatoms. The summed E-state index contributed by atoms with van der Waals surface area (Å²) in [5, 5.41) is 0. The number of hydrogen-bond donors (Lipinski definition) is 1. The fourth-order valence-electron chi connectivity index (χ4n) is 2.31. The van der Waals surface area contributed by atoms with Crippen LogP contribution in [0.1, 0.15) is 43.2 Å². The van der Waals surface area contributed by atoms with Crippen molar-refractivity contribution < 1.29 is 9.13 Å². The quantitative estimate of drug-likeness (QED) is 0.873. The Bertz CT molecular complexity index is 361. The second-order valence-electron chi connectivity index (χ2n) is 4.70. The molecule has 17 heavy (non-hydrogen) atoms. The molecule has 1 fully saturated rings. The number of hydrogen-bond acceptors (Lipinski definition) is 2. The third-order valence-electron chi connectivity index (χ3n) is 3.37. The van der Waals surface area contributed by atoms with Gasteiger partial charge < -0.3 is 10.5 Å². The van der Waals surface area contributed by atoms with Crippen LogP contribution in [-0.4, -0.2) is 6.10 Å². The molecule has 2 N–H and O–H groups in total. The van der Waals surface area contributed by atoms with Gasteiger partial charge in [0.1, 0.15) is 5.82 Å². The lowest BCUT2D eigenvalue weighted by Crippen LogP contribution is -2.16. The van der Waals surface area contributed by atoms with Gasteiger partial charge >= 0.3 is 0 Å². The molecule has 1 aliphatic carbocycles. The molecule has 1 aromatic rings. The topological polar surface area (TPSA) is 35.2 Å². The molecule has 2 rings (SSSR count). The van der Waals surface area contributed by atoms with Crippen LogP contribution < -0.4 is 5.73 Å². The van der Waals surface area contributed by atoms with E-state index in [4.69, 9.17) is 10.5 Å². The van der Waals surface area contributed by atoms with Gasteiger partial charge in [0, 0.05) is 12.1 Å². The largest absolute Gasteiger partial charge is 0.373 e. The summed E-state index contributed by atoms with van der Waals surface area (Å²) in [6.45, 7) is 0.807. The maximum atomic E-state index is 13.5. The highest BCUT2D eigenvalue weighted by molar-refractivity contribution is 5.24. The molecule has 0 atom stereocenters. The maximum Gasteiger partial charge on any atom is 0.128 e. The van der Waals surface area contributed by atoms with Crippen molar-refractivity contribution in [3.63, 3.8) is 0 Å². The van der Waals surface area contributed by atoms with E-state index in [1.807, 2.05) is 0 Å². The Hall–Kier alpha value is -0.930. The van der Waals surface area contributed by atoms with Crippen molar-refractivity contribution in [3.05, 3.63) is 35.1 Å². The fraction of sp³-hybridized carbons (Fsp3) is 0.571. The van der Waals surface area contributed by atoms with Crippen LogP contribution in [0.4, 0.5) is 4.39 Å². The minimum atomic E-state index is -0.196. The molecule has 0 aliphatic heterocycles. The van der Waals surface area contributed by atoms with Crippen LogP contribution in [0.2, 0.25) is 0 Å². The lowest BCUT2D eigenvalue weighted by Gasteiger charge is -2.22. The molecule has 2 nitrogen and oxygen atoms in total. The van der Waals surface area contributed by atoms with Crippen molar-refractivity contribution in [3.8, 4) is 0 Å². The van der Waals surface area contributed by atoms with E-state index in [2.05, 4.69) is 0 Å². The van der Waals surface area contributed by atoms with Crippen LogP contribution in [0.5, 0.6) is 0 Å². The van der Waals surface area contributed by atoms with E-state index in [0.29, 0.717) is 24.8 Å². The van der Waals surface area contributed by atoms with Crippen molar-refractivity contribution in [2.24, 2.45) is 5.73 Å². The Morgan fingerprint density at radius 1 is 1.24 bits per heavy atom. The average molecular weight is 237 g/mol. The molecule has 0 radical (unpaired) electrons. The van der Waals surface area contributed by atoms with Gasteiger partial charge in [-0.2, -0.15) is 0 Å². The summed E-state index contributed by atoms with van der Waals surface area (Å²) in [7, 11) is 0. The number of rotatable bonds is 4. The molecule has 1 aromatic carbocycles. The van der Waals surface area contributed by atoms with Gasteiger partial charge in [-0.15, -0.1) is 0 Å². The predicted octanol–water partition coefficient (Wildman–Crippen LogP) is 3.13. The summed E-state index contributed by atoms with van der Waals surface area (Å²) in [5.41, 5.74) is 7.12. The van der Waals surface area contributed by atoms with Crippen LogP contribution in [0.15, 0.2) is 18.2 Å². The van der Waals surface area contributed by atoms with Gasteiger partial charge in [0.25, 0.3) is 0 Å². The van der Waals surface area contributed by atoms with E-state index < -0.39 is 0 Å². The van der Waals surface area contributed by atoms with Crippen LogP contribution in [-0.2, 0) is 17.9 Å². The summed E-state index contributed by atoms with van der Waals surface area (Å²) in [4.78, 5) is 0. The first kappa shape index (κ1) is 12.5. The Morgan fingerprint density at radius 3 is 2.71 bits per heavy atom. The molecule has 0 aromatic heterocycles. The summed E-state index contributed by atoms with van der Waals surface area (Å²) in [6.07, 6.45) is 6.30. The first-order valence-corrected chi connectivity index (χ1v) is 6.38. The minimum absolute atomic E-state index is 0.196. The third-order valence-corrected chi connectivity index (χ3v) is 3.37. The Morgan fingerprint density at radius 2 is 2.00 bits per heavy atom. The van der Waals surface area contributed by atoms with E-state index in [1.54, 1.807) is 12.1 Å². The number of nitrogens with two attached hydrogens (primary N) is 1. The maximum absolute atomic E-state index is 13.5. The third kappa shape index (κ3) is 3.51. The number of ether oxygens (including phenoxy) is 1. The van der Waals surface area contributed by atoms with E-state index in [0.717, 1.165) is 18.4 Å². The summed E-state index contributed by atoms with van der Waals surface area (Å²) in [6, 6.07) is 5.00. The molecule has 1 aliphatic rings. The van der Waals surface area contributed by atoms with Gasteiger partial charge in [0.05, 0.1) is 12.7 Å². The van der Waals surface area contributed by atoms with Gasteiger partial charge in [-0.1, -0.05) is 25.3 Å². The minimum Gasteiger partial charge on any atom is -0.373 e. The molecule has 94 valence electrons. The van der Waals surface area contributed by atoms with Gasteiger partial charge in [-0.25, -0.2) is 4.39 Å². The second-order valence-corrected chi connectivity index (χ2v) is 4.70. The van der Waals surface area contributed by atoms with Gasteiger partial charge in [0.2, 0.25) is 0 Å². The summed E-state index contributed by atoms with van der Waals surface area (Å²) >= 11 is 0. The second kappa shape index (κ2) is 6.12. The van der Waals surface area contributed by atoms with Crippen molar-refractivity contribution >= 4 is 0 Å². The SMILES string of the molecule is NCc1ccc(F)c(COC2CCCCC2)c1. The molecular formula is C14H20FNO. The van der Waals surface area contributed by atoms with E-state index in [9.17, 15) is 4.39 Å². The smallest absolute Gasteiger partial charge is 0.128 e. The van der Waals surface area contributed by atoms with Crippen molar-refractivity contribution in [2.45, 2.75) is 51.4 Å². The molecule has 0 unspecified atom stereocenters. The van der Waals surface area contributed by atoms with Gasteiger partial charge in [-0.05, 0) is 30.5 Å². The number of halogens is 1. The van der Waals surface area contributed by atoms with Crippen molar-refractivity contribution in [1.82, 2.24) is 0 Å². The highest BCUT2D eigenvalue weighted by atomic mass is 19.1. The zero-order valence-electron chi connectivity index (χ0n) is 10.1. The fourth-order valence-corrected chi connectivity index (χ4v) is 2.31. The molecule has 0 saturated heterocycles. The molecule has 0 bridgehead atoms. The Labute approximate surface area is 102 Å². The van der Waals surface area contributed by atoms with E-state index >= 15 is 0 Å². The molecule has 0 amide bonds. The zero-order chi connectivity index (χ0) is 12.1. The van der Waals surface area contributed by atoms with E-state index in [1.165, 1.54) is 25.3 Å². The summed E-state index contributed by atoms with van der Waals surface area (Å²) < 4.78 is 19.3. The van der Waals surface area contributed by atoms with Crippen LogP contribution >= 0.6 is 0 Å². The molecular weight excluding hydrogens is 217 g/mol. The monoisotopic (exact) mass is 237 g/mol. The van der Waals surface area contributed by atoms with Gasteiger partial charge in [0.15, 0.2) is 0 Å². The summed E-state index contributed by atoms with van der Waals surface area (Å²) in [5.74, 6) is -0.196. The van der Waals surface area contributed by atoms with Crippen molar-refractivity contribution in [2.75, 3.05) is 0 Å². The molecule has 0 heterocycles. The van der Waals surface area contributed by atoms with Crippen molar-refractivity contribution in [1.29, 1.82) is 0 Å². The standard InChI is InChI=1S/C14H20FNO/c15-14-7-6-11(9-16)8-12(14)10-17-13-4-2-1-3-5-13/h6-8,13H,1-5,9-10,16H2. The highest BCUT2D eigenvalue weighted by Crippen LogP contribution is 2.22. The van der Waals surface area contributed by atoms with E-state index in [-0.39, 0.29) is 5.82 Å². The zero-order valence-corrected chi connectivity index (χ0v) is 10.1. The number of benzene rings is 1. The lowest BCUT2D eigenvalue weighted by atomic mass is 9.98. The van der Waals surface area contributed by atoms with Crippen LogP contribution in [0, 0.1) is 5.82 Å². The molecule has 1 saturated carbocycles. The molecule has 0 spiro atoms. The Kier molecular flexibility index (Phi) is 4.51.